The molecule has 3 heterocycles. The molecule has 150 valence electrons. The Morgan fingerprint density at radius 3 is 2.81 bits per heavy atom. The Bertz CT molecular complexity index is 680. The van der Waals surface area contributed by atoms with Crippen LogP contribution in [-0.4, -0.2) is 42.0 Å². The summed E-state index contributed by atoms with van der Waals surface area (Å²) in [4.78, 5) is 11.7. The number of aromatic nitrogens is 1. The second kappa shape index (κ2) is 11.7. The van der Waals surface area contributed by atoms with E-state index in [1.807, 2.05) is 12.1 Å². The van der Waals surface area contributed by atoms with Gasteiger partial charge >= 0.3 is 0 Å². The smallest absolute Gasteiger partial charge is 0.191 e. The molecule has 2 aromatic rings. The van der Waals surface area contributed by atoms with Crippen molar-refractivity contribution < 1.29 is 4.42 Å². The van der Waals surface area contributed by atoms with Gasteiger partial charge < -0.3 is 15.1 Å². The first-order chi connectivity index (χ1) is 12.7. The number of thiazole rings is 1. The highest BCUT2D eigenvalue weighted by Gasteiger charge is 2.20. The third kappa shape index (κ3) is 7.42. The molecular formula is C19H30IN5OS. The van der Waals surface area contributed by atoms with Crippen LogP contribution in [0.4, 0.5) is 0 Å². The van der Waals surface area contributed by atoms with Gasteiger partial charge in [-0.2, -0.15) is 0 Å². The van der Waals surface area contributed by atoms with Crippen molar-refractivity contribution in [2.45, 2.75) is 39.8 Å². The minimum Gasteiger partial charge on any atom is -0.467 e. The van der Waals surface area contributed by atoms with E-state index in [1.165, 1.54) is 18.5 Å². The highest BCUT2D eigenvalue weighted by Crippen LogP contribution is 2.19. The zero-order chi connectivity index (χ0) is 18.2. The molecule has 8 heteroatoms. The molecule has 1 fully saturated rings. The number of nitrogens with zero attached hydrogens (tertiary/aromatic N) is 3. The second-order valence-corrected chi connectivity index (χ2v) is 7.80. The Morgan fingerprint density at radius 2 is 2.19 bits per heavy atom. The van der Waals surface area contributed by atoms with Crippen molar-refractivity contribution in [3.05, 3.63) is 40.2 Å². The van der Waals surface area contributed by atoms with Gasteiger partial charge in [0.05, 0.1) is 17.0 Å². The molecule has 0 spiro atoms. The standard InChI is InChI=1S/C19H29N5OS.HI/c1-3-20-19(22-12-18-5-4-10-25-18)21-11-16-6-8-24(9-7-16)13-17-14-26-15(2)23-17;/h4-5,10,14,16H,3,6-9,11-13H2,1-2H3,(H2,20,21,22);1H. The molecule has 0 unspecified atom stereocenters. The summed E-state index contributed by atoms with van der Waals surface area (Å²) in [5, 5.41) is 10.1. The third-order valence-electron chi connectivity index (χ3n) is 4.63. The maximum atomic E-state index is 5.35. The molecular weight excluding hydrogens is 473 g/mol. The van der Waals surface area contributed by atoms with Crippen molar-refractivity contribution in [3.8, 4) is 0 Å². The maximum absolute atomic E-state index is 5.35. The lowest BCUT2D eigenvalue weighted by Crippen LogP contribution is -2.42. The molecule has 1 saturated heterocycles. The van der Waals surface area contributed by atoms with E-state index in [1.54, 1.807) is 17.6 Å². The van der Waals surface area contributed by atoms with Crippen LogP contribution in [-0.2, 0) is 13.1 Å². The fraction of sp³-hybridized carbons (Fsp3) is 0.579. The summed E-state index contributed by atoms with van der Waals surface area (Å²) in [7, 11) is 0. The average molecular weight is 503 g/mol. The highest BCUT2D eigenvalue weighted by molar-refractivity contribution is 14.0. The SMILES string of the molecule is CCNC(=NCc1ccco1)NCC1CCN(Cc2csc(C)n2)CC1.I. The molecule has 27 heavy (non-hydrogen) atoms. The van der Waals surface area contributed by atoms with Crippen LogP contribution < -0.4 is 10.6 Å². The minimum atomic E-state index is 0. The summed E-state index contributed by atoms with van der Waals surface area (Å²) in [6.45, 7) is 9.81. The lowest BCUT2D eigenvalue weighted by Gasteiger charge is -2.31. The summed E-state index contributed by atoms with van der Waals surface area (Å²) in [6, 6.07) is 3.85. The van der Waals surface area contributed by atoms with Crippen LogP contribution in [0.5, 0.6) is 0 Å². The first kappa shape index (κ1) is 22.2. The maximum Gasteiger partial charge on any atom is 0.191 e. The molecule has 1 aliphatic heterocycles. The molecule has 3 rings (SSSR count). The highest BCUT2D eigenvalue weighted by atomic mass is 127. The summed E-state index contributed by atoms with van der Waals surface area (Å²) in [5.41, 5.74) is 1.21. The van der Waals surface area contributed by atoms with E-state index in [4.69, 9.17) is 4.42 Å². The van der Waals surface area contributed by atoms with Crippen LogP contribution in [0.1, 0.15) is 36.2 Å². The van der Waals surface area contributed by atoms with E-state index in [0.29, 0.717) is 12.5 Å². The summed E-state index contributed by atoms with van der Waals surface area (Å²) in [6.07, 6.45) is 4.12. The first-order valence-corrected chi connectivity index (χ1v) is 10.3. The van der Waals surface area contributed by atoms with Crippen molar-refractivity contribution in [3.63, 3.8) is 0 Å². The molecule has 0 saturated carbocycles. The third-order valence-corrected chi connectivity index (χ3v) is 5.46. The average Bonchev–Trinajstić information content (AvgIpc) is 3.30. The molecule has 0 aliphatic carbocycles. The normalized spacial score (nSPS) is 16.1. The van der Waals surface area contributed by atoms with Crippen LogP contribution in [0.3, 0.4) is 0 Å². The van der Waals surface area contributed by atoms with E-state index in [-0.39, 0.29) is 24.0 Å². The Balaban J connectivity index is 0.00000261. The van der Waals surface area contributed by atoms with E-state index in [9.17, 15) is 0 Å². The quantitative estimate of drug-likeness (QED) is 0.343. The lowest BCUT2D eigenvalue weighted by molar-refractivity contribution is 0.176. The van der Waals surface area contributed by atoms with Gasteiger partial charge in [-0.25, -0.2) is 9.98 Å². The number of likely N-dealkylation sites (tertiary alicyclic amines) is 1. The lowest BCUT2D eigenvalue weighted by atomic mass is 9.97. The number of furan rings is 1. The predicted octanol–water partition coefficient (Wildman–Crippen LogP) is 3.63. The number of aliphatic imine (C=N–C) groups is 1. The van der Waals surface area contributed by atoms with Crippen LogP contribution >= 0.6 is 35.3 Å². The van der Waals surface area contributed by atoms with Gasteiger partial charge in [0, 0.05) is 25.0 Å². The number of hydrogen-bond donors (Lipinski definition) is 2. The molecule has 6 nitrogen and oxygen atoms in total. The Kier molecular flexibility index (Phi) is 9.57. The number of rotatable bonds is 7. The van der Waals surface area contributed by atoms with Gasteiger partial charge in [0.1, 0.15) is 12.3 Å². The van der Waals surface area contributed by atoms with Gasteiger partial charge in [0.15, 0.2) is 5.96 Å². The first-order valence-electron chi connectivity index (χ1n) is 9.41. The number of piperidine rings is 1. The number of guanidine groups is 1. The van der Waals surface area contributed by atoms with E-state index >= 15 is 0 Å². The summed E-state index contributed by atoms with van der Waals surface area (Å²) < 4.78 is 5.35. The van der Waals surface area contributed by atoms with Crippen molar-refractivity contribution in [2.24, 2.45) is 10.9 Å². The molecule has 2 aromatic heterocycles. The number of aryl methyl sites for hydroxylation is 1. The van der Waals surface area contributed by atoms with Crippen LogP contribution in [0.2, 0.25) is 0 Å². The van der Waals surface area contributed by atoms with Gasteiger partial charge in [0.25, 0.3) is 0 Å². The number of halogens is 1. The van der Waals surface area contributed by atoms with Gasteiger partial charge in [-0.15, -0.1) is 35.3 Å². The van der Waals surface area contributed by atoms with Gasteiger partial charge in [0.2, 0.25) is 0 Å². The molecule has 0 radical (unpaired) electrons. The summed E-state index contributed by atoms with van der Waals surface area (Å²) in [5.74, 6) is 2.44. The molecule has 0 atom stereocenters. The van der Waals surface area contributed by atoms with Gasteiger partial charge in [-0.1, -0.05) is 0 Å². The Labute approximate surface area is 182 Å². The van der Waals surface area contributed by atoms with Crippen molar-refractivity contribution in [1.29, 1.82) is 0 Å². The van der Waals surface area contributed by atoms with Crippen molar-refractivity contribution in [2.75, 3.05) is 26.2 Å². The van der Waals surface area contributed by atoms with Gasteiger partial charge in [-0.3, -0.25) is 4.90 Å². The predicted molar refractivity (Wildman–Crippen MR) is 122 cm³/mol. The molecule has 2 N–H and O–H groups in total. The zero-order valence-electron chi connectivity index (χ0n) is 16.1. The van der Waals surface area contributed by atoms with Crippen molar-refractivity contribution in [1.82, 2.24) is 20.5 Å². The fourth-order valence-electron chi connectivity index (χ4n) is 3.20. The van der Waals surface area contributed by atoms with E-state index < -0.39 is 0 Å². The summed E-state index contributed by atoms with van der Waals surface area (Å²) >= 11 is 1.74. The second-order valence-electron chi connectivity index (χ2n) is 6.73. The van der Waals surface area contributed by atoms with Crippen molar-refractivity contribution >= 4 is 41.3 Å². The monoisotopic (exact) mass is 503 g/mol. The topological polar surface area (TPSA) is 65.7 Å². The van der Waals surface area contributed by atoms with Crippen LogP contribution in [0, 0.1) is 12.8 Å². The fourth-order valence-corrected chi connectivity index (χ4v) is 3.80. The Hall–Kier alpha value is -1.13. The van der Waals surface area contributed by atoms with Gasteiger partial charge in [-0.05, 0) is 57.8 Å². The largest absolute Gasteiger partial charge is 0.467 e. The minimum absolute atomic E-state index is 0. The Morgan fingerprint density at radius 1 is 1.37 bits per heavy atom. The van der Waals surface area contributed by atoms with Crippen LogP contribution in [0.15, 0.2) is 33.2 Å². The van der Waals surface area contributed by atoms with E-state index in [0.717, 1.165) is 49.5 Å². The van der Waals surface area contributed by atoms with E-state index in [2.05, 4.69) is 44.7 Å². The zero-order valence-corrected chi connectivity index (χ0v) is 19.3. The molecule has 0 aromatic carbocycles. The molecule has 0 amide bonds. The molecule has 1 aliphatic rings. The molecule has 0 bridgehead atoms. The number of nitrogens with one attached hydrogen (secondary N) is 2. The van der Waals surface area contributed by atoms with Crippen LogP contribution in [0.25, 0.3) is 0 Å². The number of hydrogen-bond acceptors (Lipinski definition) is 5.